The number of cyclic esters (lactones) is 1. The summed E-state index contributed by atoms with van der Waals surface area (Å²) in [5.41, 5.74) is 0. The van der Waals surface area contributed by atoms with Gasteiger partial charge in [0.2, 0.25) is 10.0 Å². The Labute approximate surface area is 199 Å². The smallest absolute Gasteiger partial charge is 0.411 e. The summed E-state index contributed by atoms with van der Waals surface area (Å²) >= 11 is 0. The predicted molar refractivity (Wildman–Crippen MR) is 118 cm³/mol. The number of unbranched alkanes of at least 4 members (excludes halogenated alkanes) is 5. The van der Waals surface area contributed by atoms with Crippen LogP contribution in [-0.2, 0) is 43.4 Å². The van der Waals surface area contributed by atoms with E-state index in [9.17, 15) is 27.6 Å². The van der Waals surface area contributed by atoms with Gasteiger partial charge in [0.15, 0.2) is 18.3 Å². The monoisotopic (exact) mass is 506 g/mol. The molecule has 2 aliphatic rings. The molecule has 34 heavy (non-hydrogen) atoms. The first-order valence-electron chi connectivity index (χ1n) is 11.4. The molecule has 3 unspecified atom stereocenters. The van der Waals surface area contributed by atoms with E-state index in [1.807, 2.05) is 0 Å². The van der Waals surface area contributed by atoms with E-state index in [2.05, 4.69) is 11.6 Å². The minimum Gasteiger partial charge on any atom is -0.456 e. The first-order chi connectivity index (χ1) is 16.0. The summed E-state index contributed by atoms with van der Waals surface area (Å²) < 4.78 is 49.2. The fourth-order valence-corrected chi connectivity index (χ4v) is 5.51. The standard InChI is InChI=1S/C21H34N2O10S/c1-5-6-7-8-9-10-11-34(28,29)22-20-19(33-15(4)26)18(32-14(3)25)17(31-13(2)24)16-12-30-21(27)23(16)20/h16-20,22H,5-12H2,1-4H3/t16?,17-,18?,19?,20+/m1/s1. The number of ether oxygens (including phenoxy) is 4. The van der Waals surface area contributed by atoms with Crippen LogP contribution in [0.4, 0.5) is 4.79 Å². The first kappa shape index (κ1) is 27.8. The molecule has 2 rings (SSSR count). The van der Waals surface area contributed by atoms with Crippen LogP contribution >= 0.6 is 0 Å². The highest BCUT2D eigenvalue weighted by Crippen LogP contribution is 2.34. The van der Waals surface area contributed by atoms with Crippen molar-refractivity contribution in [1.82, 2.24) is 9.62 Å². The van der Waals surface area contributed by atoms with Crippen LogP contribution in [0.5, 0.6) is 0 Å². The second-order valence-electron chi connectivity index (χ2n) is 8.42. The lowest BCUT2D eigenvalue weighted by Gasteiger charge is -2.47. The highest BCUT2D eigenvalue weighted by Gasteiger charge is 2.60. The van der Waals surface area contributed by atoms with Gasteiger partial charge in [0.25, 0.3) is 0 Å². The zero-order valence-electron chi connectivity index (χ0n) is 20.0. The lowest BCUT2D eigenvalue weighted by molar-refractivity contribution is -0.207. The van der Waals surface area contributed by atoms with Gasteiger partial charge >= 0.3 is 24.0 Å². The van der Waals surface area contributed by atoms with Gasteiger partial charge < -0.3 is 18.9 Å². The molecule has 2 heterocycles. The fraction of sp³-hybridized carbons (Fsp3) is 0.810. The van der Waals surface area contributed by atoms with Gasteiger partial charge in [0.05, 0.1) is 5.75 Å². The maximum absolute atomic E-state index is 12.9. The molecule has 2 fully saturated rings. The number of carbonyl (C=O) groups is 4. The highest BCUT2D eigenvalue weighted by molar-refractivity contribution is 7.89. The summed E-state index contributed by atoms with van der Waals surface area (Å²) in [7, 11) is -3.94. The van der Waals surface area contributed by atoms with Crippen molar-refractivity contribution in [2.45, 2.75) is 96.7 Å². The number of amides is 1. The molecule has 12 nitrogen and oxygen atoms in total. The second kappa shape index (κ2) is 12.3. The Morgan fingerprint density at radius 1 is 0.912 bits per heavy atom. The Morgan fingerprint density at radius 2 is 1.44 bits per heavy atom. The van der Waals surface area contributed by atoms with Crippen molar-refractivity contribution in [3.8, 4) is 0 Å². The molecule has 0 spiro atoms. The van der Waals surface area contributed by atoms with Crippen LogP contribution in [0.1, 0.15) is 66.2 Å². The van der Waals surface area contributed by atoms with Crippen molar-refractivity contribution >= 4 is 34.0 Å². The number of rotatable bonds is 12. The SMILES string of the molecule is CCCCCCCCS(=O)(=O)N[C@@H]1C(OC(C)=O)C(OC(C)=O)[C@H](OC(C)=O)C2COC(=O)N21. The van der Waals surface area contributed by atoms with E-state index in [1.54, 1.807) is 0 Å². The zero-order valence-corrected chi connectivity index (χ0v) is 20.8. The highest BCUT2D eigenvalue weighted by atomic mass is 32.2. The molecule has 0 aliphatic carbocycles. The first-order valence-corrected chi connectivity index (χ1v) is 13.1. The van der Waals surface area contributed by atoms with E-state index < -0.39 is 64.5 Å². The van der Waals surface area contributed by atoms with E-state index >= 15 is 0 Å². The maximum atomic E-state index is 12.9. The molecule has 1 amide bonds. The Morgan fingerprint density at radius 3 is 2.03 bits per heavy atom. The van der Waals surface area contributed by atoms with Gasteiger partial charge in [0.1, 0.15) is 18.8 Å². The predicted octanol–water partition coefficient (Wildman–Crippen LogP) is 1.22. The van der Waals surface area contributed by atoms with Crippen molar-refractivity contribution in [3.63, 3.8) is 0 Å². The van der Waals surface area contributed by atoms with E-state index in [4.69, 9.17) is 18.9 Å². The Balaban J connectivity index is 2.32. The fourth-order valence-electron chi connectivity index (χ4n) is 4.19. The van der Waals surface area contributed by atoms with Gasteiger partial charge in [-0.25, -0.2) is 13.2 Å². The van der Waals surface area contributed by atoms with Gasteiger partial charge in [0, 0.05) is 20.8 Å². The third-order valence-corrected chi connectivity index (χ3v) is 6.98. The minimum atomic E-state index is -3.94. The van der Waals surface area contributed by atoms with Crippen LogP contribution in [0.25, 0.3) is 0 Å². The van der Waals surface area contributed by atoms with E-state index in [0.717, 1.165) is 57.8 Å². The number of nitrogens with one attached hydrogen (secondary N) is 1. The van der Waals surface area contributed by atoms with Crippen molar-refractivity contribution in [1.29, 1.82) is 0 Å². The number of carbonyl (C=O) groups excluding carboxylic acids is 4. The summed E-state index contributed by atoms with van der Waals surface area (Å²) in [6.07, 6.45) is -1.20. The number of sulfonamides is 1. The van der Waals surface area contributed by atoms with Crippen molar-refractivity contribution < 1.29 is 46.5 Å². The molecular weight excluding hydrogens is 472 g/mol. The van der Waals surface area contributed by atoms with Crippen LogP contribution in [0.15, 0.2) is 0 Å². The summed E-state index contributed by atoms with van der Waals surface area (Å²) in [5.74, 6) is -2.52. The lowest BCUT2D eigenvalue weighted by atomic mass is 9.92. The van der Waals surface area contributed by atoms with E-state index in [0.29, 0.717) is 6.42 Å². The Hall–Kier alpha value is -2.41. The molecule has 0 aromatic carbocycles. The average molecular weight is 507 g/mol. The summed E-state index contributed by atoms with van der Waals surface area (Å²) in [4.78, 5) is 49.0. The molecule has 0 bridgehead atoms. The third-order valence-electron chi connectivity index (χ3n) is 5.56. The van der Waals surface area contributed by atoms with Crippen LogP contribution in [0.3, 0.4) is 0 Å². The Kier molecular flexibility index (Phi) is 10.1. The van der Waals surface area contributed by atoms with Crippen LogP contribution in [0, 0.1) is 0 Å². The van der Waals surface area contributed by atoms with Crippen LogP contribution < -0.4 is 4.72 Å². The second-order valence-corrected chi connectivity index (χ2v) is 10.3. The van der Waals surface area contributed by atoms with Crippen molar-refractivity contribution in [2.75, 3.05) is 12.4 Å². The molecule has 5 atom stereocenters. The maximum Gasteiger partial charge on any atom is 0.411 e. The van der Waals surface area contributed by atoms with Crippen molar-refractivity contribution in [3.05, 3.63) is 0 Å². The summed E-state index contributed by atoms with van der Waals surface area (Å²) in [6, 6.07) is -0.964. The van der Waals surface area contributed by atoms with Crippen LogP contribution in [-0.4, -0.2) is 80.2 Å². The summed E-state index contributed by atoms with van der Waals surface area (Å²) in [5, 5.41) is 0. The number of hydrogen-bond acceptors (Lipinski definition) is 10. The number of hydrogen-bond donors (Lipinski definition) is 1. The number of esters is 3. The number of piperidine rings is 1. The molecule has 13 heteroatoms. The van der Waals surface area contributed by atoms with E-state index in [1.165, 1.54) is 0 Å². The molecule has 0 radical (unpaired) electrons. The molecule has 0 aromatic rings. The molecule has 1 N–H and O–H groups in total. The largest absolute Gasteiger partial charge is 0.456 e. The molecule has 0 saturated carbocycles. The lowest BCUT2D eigenvalue weighted by Crippen LogP contribution is -2.72. The van der Waals surface area contributed by atoms with Gasteiger partial charge in [-0.05, 0) is 6.42 Å². The minimum absolute atomic E-state index is 0.207. The van der Waals surface area contributed by atoms with Crippen LogP contribution in [0.2, 0.25) is 0 Å². The van der Waals surface area contributed by atoms with Gasteiger partial charge in [-0.1, -0.05) is 39.0 Å². The number of fused-ring (bicyclic) bond motifs is 1. The normalized spacial score (nSPS) is 26.4. The van der Waals surface area contributed by atoms with Gasteiger partial charge in [-0.15, -0.1) is 0 Å². The molecular formula is C21H34N2O10S. The van der Waals surface area contributed by atoms with Gasteiger partial charge in [-0.2, -0.15) is 4.72 Å². The molecule has 2 saturated heterocycles. The van der Waals surface area contributed by atoms with Gasteiger partial charge in [-0.3, -0.25) is 19.3 Å². The average Bonchev–Trinajstić information content (AvgIpc) is 3.10. The topological polar surface area (TPSA) is 155 Å². The molecule has 194 valence electrons. The van der Waals surface area contributed by atoms with E-state index in [-0.39, 0.29) is 12.4 Å². The van der Waals surface area contributed by atoms with Crippen molar-refractivity contribution in [2.24, 2.45) is 0 Å². The quantitative estimate of drug-likeness (QED) is 0.232. The molecule has 2 aliphatic heterocycles. The number of nitrogens with zero attached hydrogens (tertiary/aromatic N) is 1. The summed E-state index contributed by atoms with van der Waals surface area (Å²) in [6.45, 7) is 5.17. The molecule has 0 aromatic heterocycles. The zero-order chi connectivity index (χ0) is 25.5. The third kappa shape index (κ3) is 7.55. The Bertz CT molecular complexity index is 862.